The molecule has 0 unspecified atom stereocenters. The summed E-state index contributed by atoms with van der Waals surface area (Å²) in [6.07, 6.45) is 0. The summed E-state index contributed by atoms with van der Waals surface area (Å²) >= 11 is 0. The number of furan rings is 1. The van der Waals surface area contributed by atoms with Gasteiger partial charge in [-0.05, 0) is 30.7 Å². The third kappa shape index (κ3) is 3.65. The molecule has 2 heterocycles. The van der Waals surface area contributed by atoms with E-state index in [1.54, 1.807) is 0 Å². The Morgan fingerprint density at radius 2 is 1.86 bits per heavy atom. The summed E-state index contributed by atoms with van der Waals surface area (Å²) in [4.78, 5) is 2.40. The summed E-state index contributed by atoms with van der Waals surface area (Å²) in [5.74, 6) is 1.94. The minimum absolute atomic E-state index is 0.755. The number of anilines is 1. The number of nitrogens with zero attached hydrogens (tertiary/aromatic N) is 1. The molecule has 0 atom stereocenters. The first-order valence-corrected chi connectivity index (χ1v) is 7.49. The highest BCUT2D eigenvalue weighted by Crippen LogP contribution is 2.21. The molecule has 1 saturated heterocycles. The average Bonchev–Trinajstić information content (AvgIpc) is 2.94. The van der Waals surface area contributed by atoms with Crippen LogP contribution in [0.15, 0.2) is 40.8 Å². The number of ether oxygens (including phenoxy) is 1. The van der Waals surface area contributed by atoms with E-state index in [4.69, 9.17) is 9.15 Å². The van der Waals surface area contributed by atoms with Gasteiger partial charge in [0, 0.05) is 25.3 Å². The second kappa shape index (κ2) is 6.78. The molecule has 0 radical (unpaired) electrons. The van der Waals surface area contributed by atoms with E-state index in [1.807, 2.05) is 19.1 Å². The molecule has 1 aromatic heterocycles. The van der Waals surface area contributed by atoms with Crippen LogP contribution in [-0.2, 0) is 17.8 Å². The SMILES string of the molecule is Cc1ccc(CNCc2ccccc2N2CCOCC2)o1. The lowest BCUT2D eigenvalue weighted by atomic mass is 10.1. The van der Waals surface area contributed by atoms with Crippen molar-refractivity contribution in [2.45, 2.75) is 20.0 Å². The Kier molecular flexibility index (Phi) is 4.58. The predicted octanol–water partition coefficient (Wildman–Crippen LogP) is 2.71. The highest BCUT2D eigenvalue weighted by Gasteiger charge is 2.14. The Hall–Kier alpha value is -1.78. The van der Waals surface area contributed by atoms with Crippen LogP contribution in [0.1, 0.15) is 17.1 Å². The molecular weight excluding hydrogens is 264 g/mol. The van der Waals surface area contributed by atoms with Crippen LogP contribution in [0.5, 0.6) is 0 Å². The first kappa shape index (κ1) is 14.2. The lowest BCUT2D eigenvalue weighted by molar-refractivity contribution is 0.122. The number of hydrogen-bond acceptors (Lipinski definition) is 4. The first-order valence-electron chi connectivity index (χ1n) is 7.49. The minimum Gasteiger partial charge on any atom is -0.465 e. The summed E-state index contributed by atoms with van der Waals surface area (Å²) in [5, 5.41) is 3.46. The number of para-hydroxylation sites is 1. The van der Waals surface area contributed by atoms with Crippen molar-refractivity contribution in [1.29, 1.82) is 0 Å². The number of hydrogen-bond donors (Lipinski definition) is 1. The minimum atomic E-state index is 0.755. The molecule has 2 aromatic rings. The van der Waals surface area contributed by atoms with Gasteiger partial charge in [-0.1, -0.05) is 18.2 Å². The van der Waals surface area contributed by atoms with Crippen molar-refractivity contribution in [3.05, 3.63) is 53.5 Å². The summed E-state index contributed by atoms with van der Waals surface area (Å²) < 4.78 is 11.0. The Balaban J connectivity index is 1.62. The monoisotopic (exact) mass is 286 g/mol. The van der Waals surface area contributed by atoms with Crippen LogP contribution in [0.25, 0.3) is 0 Å². The van der Waals surface area contributed by atoms with Crippen molar-refractivity contribution in [3.8, 4) is 0 Å². The van der Waals surface area contributed by atoms with Gasteiger partial charge in [0.25, 0.3) is 0 Å². The van der Waals surface area contributed by atoms with Gasteiger partial charge in [0.05, 0.1) is 19.8 Å². The van der Waals surface area contributed by atoms with E-state index >= 15 is 0 Å². The Labute approximate surface area is 125 Å². The second-order valence-corrected chi connectivity index (χ2v) is 5.34. The number of nitrogens with one attached hydrogen (secondary N) is 1. The van der Waals surface area contributed by atoms with E-state index in [9.17, 15) is 0 Å². The van der Waals surface area contributed by atoms with Crippen molar-refractivity contribution in [3.63, 3.8) is 0 Å². The number of rotatable bonds is 5. The van der Waals surface area contributed by atoms with Crippen molar-refractivity contribution in [2.75, 3.05) is 31.2 Å². The number of aryl methyl sites for hydroxylation is 1. The zero-order chi connectivity index (χ0) is 14.5. The summed E-state index contributed by atoms with van der Waals surface area (Å²) in [6.45, 7) is 7.12. The lowest BCUT2D eigenvalue weighted by Crippen LogP contribution is -2.37. The fraction of sp³-hybridized carbons (Fsp3) is 0.412. The zero-order valence-electron chi connectivity index (χ0n) is 12.5. The van der Waals surface area contributed by atoms with Crippen LogP contribution in [0.3, 0.4) is 0 Å². The Bertz CT molecular complexity index is 574. The Morgan fingerprint density at radius 3 is 2.62 bits per heavy atom. The van der Waals surface area contributed by atoms with E-state index in [-0.39, 0.29) is 0 Å². The van der Waals surface area contributed by atoms with Gasteiger partial charge < -0.3 is 19.4 Å². The van der Waals surface area contributed by atoms with Crippen molar-refractivity contribution >= 4 is 5.69 Å². The normalized spacial score (nSPS) is 15.4. The van der Waals surface area contributed by atoms with Gasteiger partial charge in [0.2, 0.25) is 0 Å². The van der Waals surface area contributed by atoms with Crippen LogP contribution in [0, 0.1) is 6.92 Å². The predicted molar refractivity (Wildman–Crippen MR) is 83.5 cm³/mol. The summed E-state index contributed by atoms with van der Waals surface area (Å²) in [7, 11) is 0. The summed E-state index contributed by atoms with van der Waals surface area (Å²) in [5.41, 5.74) is 2.63. The molecule has 0 bridgehead atoms. The van der Waals surface area contributed by atoms with E-state index in [2.05, 4.69) is 34.5 Å². The van der Waals surface area contributed by atoms with Crippen molar-refractivity contribution in [2.24, 2.45) is 0 Å². The van der Waals surface area contributed by atoms with Crippen LogP contribution < -0.4 is 10.2 Å². The van der Waals surface area contributed by atoms with Gasteiger partial charge in [0.15, 0.2) is 0 Å². The van der Waals surface area contributed by atoms with E-state index < -0.39 is 0 Å². The maximum atomic E-state index is 5.58. The third-order valence-electron chi connectivity index (χ3n) is 3.75. The van der Waals surface area contributed by atoms with Crippen LogP contribution in [-0.4, -0.2) is 26.3 Å². The molecule has 3 rings (SSSR count). The molecule has 112 valence electrons. The largest absolute Gasteiger partial charge is 0.465 e. The number of morpholine rings is 1. The van der Waals surface area contributed by atoms with E-state index in [0.29, 0.717) is 0 Å². The molecule has 1 aromatic carbocycles. The van der Waals surface area contributed by atoms with Gasteiger partial charge >= 0.3 is 0 Å². The van der Waals surface area contributed by atoms with Gasteiger partial charge in [-0.3, -0.25) is 0 Å². The second-order valence-electron chi connectivity index (χ2n) is 5.34. The molecule has 0 saturated carbocycles. The smallest absolute Gasteiger partial charge is 0.117 e. The molecular formula is C17H22N2O2. The van der Waals surface area contributed by atoms with Gasteiger partial charge in [0.1, 0.15) is 11.5 Å². The molecule has 21 heavy (non-hydrogen) atoms. The molecule has 1 fully saturated rings. The third-order valence-corrected chi connectivity index (χ3v) is 3.75. The standard InChI is InChI=1S/C17H22N2O2/c1-14-6-7-16(21-14)13-18-12-15-4-2-3-5-17(15)19-8-10-20-11-9-19/h2-7,18H,8-13H2,1H3. The van der Waals surface area contributed by atoms with Crippen LogP contribution >= 0.6 is 0 Å². The van der Waals surface area contributed by atoms with Gasteiger partial charge in [-0.2, -0.15) is 0 Å². The molecule has 0 amide bonds. The maximum absolute atomic E-state index is 5.58. The highest BCUT2D eigenvalue weighted by atomic mass is 16.5. The molecule has 1 aliphatic rings. The summed E-state index contributed by atoms with van der Waals surface area (Å²) in [6, 6.07) is 12.6. The fourth-order valence-electron chi connectivity index (χ4n) is 2.67. The first-order chi connectivity index (χ1) is 10.3. The fourth-order valence-corrected chi connectivity index (χ4v) is 2.67. The topological polar surface area (TPSA) is 37.6 Å². The van der Waals surface area contributed by atoms with Gasteiger partial charge in [-0.15, -0.1) is 0 Å². The van der Waals surface area contributed by atoms with Crippen molar-refractivity contribution in [1.82, 2.24) is 5.32 Å². The zero-order valence-corrected chi connectivity index (χ0v) is 12.5. The number of benzene rings is 1. The molecule has 0 spiro atoms. The van der Waals surface area contributed by atoms with Crippen molar-refractivity contribution < 1.29 is 9.15 Å². The average molecular weight is 286 g/mol. The van der Waals surface area contributed by atoms with Crippen LogP contribution in [0.2, 0.25) is 0 Å². The molecule has 0 aliphatic carbocycles. The van der Waals surface area contributed by atoms with E-state index in [0.717, 1.165) is 50.9 Å². The molecule has 1 aliphatic heterocycles. The van der Waals surface area contributed by atoms with E-state index in [1.165, 1.54) is 11.3 Å². The molecule has 4 heteroatoms. The van der Waals surface area contributed by atoms with Crippen LogP contribution in [0.4, 0.5) is 5.69 Å². The quantitative estimate of drug-likeness (QED) is 0.917. The van der Waals surface area contributed by atoms with Gasteiger partial charge in [-0.25, -0.2) is 0 Å². The highest BCUT2D eigenvalue weighted by molar-refractivity contribution is 5.53. The lowest BCUT2D eigenvalue weighted by Gasteiger charge is -2.30. The molecule has 1 N–H and O–H groups in total. The molecule has 4 nitrogen and oxygen atoms in total. The Morgan fingerprint density at radius 1 is 1.05 bits per heavy atom. The maximum Gasteiger partial charge on any atom is 0.117 e.